The van der Waals surface area contributed by atoms with Crippen molar-refractivity contribution in [2.24, 2.45) is 0 Å². The monoisotopic (exact) mass is 287 g/mol. The number of carbonyl (C=O) groups excluding carboxylic acids is 1. The Morgan fingerprint density at radius 1 is 1.45 bits per heavy atom. The number of hydrogen-bond donors (Lipinski definition) is 1. The van der Waals surface area contributed by atoms with Gasteiger partial charge in [0.1, 0.15) is 4.88 Å². The Morgan fingerprint density at radius 2 is 2.30 bits per heavy atom. The minimum atomic E-state index is -0.0430. The average Bonchev–Trinajstić information content (AvgIpc) is 2.96. The molecule has 0 spiro atoms. The first-order valence-electron chi connectivity index (χ1n) is 6.99. The molecule has 5 heteroatoms. The van der Waals surface area contributed by atoms with Crippen LogP contribution >= 0.6 is 11.5 Å². The van der Waals surface area contributed by atoms with E-state index in [1.54, 1.807) is 0 Å². The second-order valence-electron chi connectivity index (χ2n) is 5.02. The highest BCUT2D eigenvalue weighted by molar-refractivity contribution is 7.08. The summed E-state index contributed by atoms with van der Waals surface area (Å²) >= 11 is 1.18. The predicted octanol–water partition coefficient (Wildman–Crippen LogP) is 2.91. The summed E-state index contributed by atoms with van der Waals surface area (Å²) in [6.45, 7) is 1.99. The molecule has 0 aliphatic heterocycles. The van der Waals surface area contributed by atoms with Gasteiger partial charge in [-0.1, -0.05) is 35.7 Å². The van der Waals surface area contributed by atoms with Gasteiger partial charge in [-0.25, -0.2) is 0 Å². The van der Waals surface area contributed by atoms with Crippen LogP contribution in [-0.2, 0) is 12.8 Å². The van der Waals surface area contributed by atoms with Gasteiger partial charge in [0, 0.05) is 0 Å². The van der Waals surface area contributed by atoms with Gasteiger partial charge < -0.3 is 5.32 Å². The van der Waals surface area contributed by atoms with Crippen molar-refractivity contribution in [3.05, 3.63) is 46.0 Å². The minimum absolute atomic E-state index is 0.0430. The van der Waals surface area contributed by atoms with E-state index in [1.165, 1.54) is 22.7 Å². The summed E-state index contributed by atoms with van der Waals surface area (Å²) in [5, 5.41) is 7.14. The molecule has 0 fully saturated rings. The smallest absolute Gasteiger partial charge is 0.265 e. The predicted molar refractivity (Wildman–Crippen MR) is 78.9 cm³/mol. The average molecular weight is 287 g/mol. The van der Waals surface area contributed by atoms with Gasteiger partial charge >= 0.3 is 0 Å². The number of fused-ring (bicyclic) bond motifs is 1. The summed E-state index contributed by atoms with van der Waals surface area (Å²) in [4.78, 5) is 13.0. The molecule has 1 aromatic carbocycles. The molecule has 0 saturated carbocycles. The lowest BCUT2D eigenvalue weighted by molar-refractivity contribution is 0.0936. The Labute approximate surface area is 122 Å². The van der Waals surface area contributed by atoms with Crippen molar-refractivity contribution < 1.29 is 4.79 Å². The van der Waals surface area contributed by atoms with Gasteiger partial charge in [-0.2, -0.15) is 0 Å². The van der Waals surface area contributed by atoms with Gasteiger partial charge in [-0.15, -0.1) is 5.10 Å². The number of aryl methyl sites for hydroxylation is 2. The van der Waals surface area contributed by atoms with E-state index in [-0.39, 0.29) is 11.9 Å². The number of nitrogens with zero attached hydrogens (tertiary/aromatic N) is 2. The minimum Gasteiger partial charge on any atom is -0.344 e. The first kappa shape index (κ1) is 13.2. The van der Waals surface area contributed by atoms with Gasteiger partial charge in [0.15, 0.2) is 0 Å². The van der Waals surface area contributed by atoms with Crippen molar-refractivity contribution in [1.29, 1.82) is 0 Å². The van der Waals surface area contributed by atoms with Crippen molar-refractivity contribution in [3.8, 4) is 0 Å². The summed E-state index contributed by atoms with van der Waals surface area (Å²) in [6, 6.07) is 8.48. The number of amides is 1. The van der Waals surface area contributed by atoms with Crippen molar-refractivity contribution >= 4 is 17.4 Å². The Morgan fingerprint density at radius 3 is 3.15 bits per heavy atom. The molecule has 0 unspecified atom stereocenters. The molecular weight excluding hydrogens is 270 g/mol. The summed E-state index contributed by atoms with van der Waals surface area (Å²) in [7, 11) is 0. The fourth-order valence-corrected chi connectivity index (χ4v) is 3.39. The molecule has 1 heterocycles. The van der Waals surface area contributed by atoms with Crippen LogP contribution in [0.5, 0.6) is 0 Å². The van der Waals surface area contributed by atoms with E-state index in [1.807, 2.05) is 13.0 Å². The number of aromatic nitrogens is 2. The van der Waals surface area contributed by atoms with E-state index in [2.05, 4.69) is 33.1 Å². The molecule has 1 amide bonds. The van der Waals surface area contributed by atoms with E-state index in [0.717, 1.165) is 31.4 Å². The fraction of sp³-hybridized carbons (Fsp3) is 0.400. The third-order valence-electron chi connectivity index (χ3n) is 3.77. The zero-order chi connectivity index (χ0) is 13.9. The van der Waals surface area contributed by atoms with Crippen molar-refractivity contribution in [3.63, 3.8) is 0 Å². The van der Waals surface area contributed by atoms with Crippen LogP contribution in [0.4, 0.5) is 0 Å². The Kier molecular flexibility index (Phi) is 3.78. The molecule has 1 aliphatic rings. The van der Waals surface area contributed by atoms with Crippen LogP contribution in [0.3, 0.4) is 0 Å². The zero-order valence-electron chi connectivity index (χ0n) is 11.4. The second-order valence-corrected chi connectivity index (χ2v) is 5.77. The molecule has 1 aliphatic carbocycles. The highest BCUT2D eigenvalue weighted by Gasteiger charge is 2.23. The van der Waals surface area contributed by atoms with Crippen LogP contribution in [0, 0.1) is 0 Å². The molecular formula is C15H17N3OS. The third-order valence-corrected chi connectivity index (χ3v) is 4.54. The molecule has 0 bridgehead atoms. The SMILES string of the molecule is CCc1nnsc1C(=O)N[C@H]1CCCc2ccccc21. The lowest BCUT2D eigenvalue weighted by atomic mass is 9.88. The number of rotatable bonds is 3. The molecule has 2 aromatic rings. The van der Waals surface area contributed by atoms with Crippen LogP contribution in [0.25, 0.3) is 0 Å². The van der Waals surface area contributed by atoms with E-state index >= 15 is 0 Å². The number of hydrogen-bond acceptors (Lipinski definition) is 4. The molecule has 1 atom stereocenters. The molecule has 1 N–H and O–H groups in total. The van der Waals surface area contributed by atoms with Crippen LogP contribution < -0.4 is 5.32 Å². The summed E-state index contributed by atoms with van der Waals surface area (Å²) < 4.78 is 3.88. The molecule has 0 saturated heterocycles. The zero-order valence-corrected chi connectivity index (χ0v) is 12.2. The van der Waals surface area contributed by atoms with E-state index < -0.39 is 0 Å². The van der Waals surface area contributed by atoms with Crippen LogP contribution in [0.15, 0.2) is 24.3 Å². The highest BCUT2D eigenvalue weighted by Crippen LogP contribution is 2.29. The van der Waals surface area contributed by atoms with Gasteiger partial charge in [0.05, 0.1) is 11.7 Å². The van der Waals surface area contributed by atoms with Crippen molar-refractivity contribution in [2.75, 3.05) is 0 Å². The molecule has 1 aromatic heterocycles. The normalized spacial score (nSPS) is 17.6. The maximum Gasteiger partial charge on any atom is 0.265 e. The van der Waals surface area contributed by atoms with Gasteiger partial charge in [-0.05, 0) is 48.3 Å². The van der Waals surface area contributed by atoms with Gasteiger partial charge in [0.2, 0.25) is 0 Å². The lowest BCUT2D eigenvalue weighted by Crippen LogP contribution is -2.31. The summed E-state index contributed by atoms with van der Waals surface area (Å²) in [6.07, 6.45) is 3.95. The first-order valence-corrected chi connectivity index (χ1v) is 7.76. The van der Waals surface area contributed by atoms with E-state index in [4.69, 9.17) is 0 Å². The maximum absolute atomic E-state index is 12.4. The van der Waals surface area contributed by atoms with Crippen LogP contribution in [0.2, 0.25) is 0 Å². The summed E-state index contributed by atoms with van der Waals surface area (Å²) in [5.74, 6) is -0.0430. The van der Waals surface area contributed by atoms with Crippen molar-refractivity contribution in [1.82, 2.24) is 14.9 Å². The molecule has 4 nitrogen and oxygen atoms in total. The number of benzene rings is 1. The summed E-state index contributed by atoms with van der Waals surface area (Å²) in [5.41, 5.74) is 3.39. The molecule has 0 radical (unpaired) electrons. The number of nitrogens with one attached hydrogen (secondary N) is 1. The second kappa shape index (κ2) is 5.71. The number of carbonyl (C=O) groups is 1. The molecule has 20 heavy (non-hydrogen) atoms. The van der Waals surface area contributed by atoms with E-state index in [9.17, 15) is 4.79 Å². The highest BCUT2D eigenvalue weighted by atomic mass is 32.1. The molecule has 3 rings (SSSR count). The van der Waals surface area contributed by atoms with E-state index in [0.29, 0.717) is 4.88 Å². The van der Waals surface area contributed by atoms with Crippen LogP contribution in [0.1, 0.15) is 52.3 Å². The standard InChI is InChI=1S/C15H17N3OS/c1-2-12-14(20-18-17-12)15(19)16-13-9-5-7-10-6-3-4-8-11(10)13/h3-4,6,8,13H,2,5,7,9H2,1H3,(H,16,19)/t13-/m0/s1. The first-order chi connectivity index (χ1) is 9.79. The maximum atomic E-state index is 12.4. The quantitative estimate of drug-likeness (QED) is 0.944. The molecule has 104 valence electrons. The van der Waals surface area contributed by atoms with Crippen molar-refractivity contribution in [2.45, 2.75) is 38.6 Å². The lowest BCUT2D eigenvalue weighted by Gasteiger charge is -2.26. The van der Waals surface area contributed by atoms with Gasteiger partial charge in [0.25, 0.3) is 5.91 Å². The fourth-order valence-electron chi connectivity index (χ4n) is 2.74. The Balaban J connectivity index is 1.81. The topological polar surface area (TPSA) is 54.9 Å². The Hall–Kier alpha value is -1.75. The third kappa shape index (κ3) is 2.45. The largest absolute Gasteiger partial charge is 0.344 e. The van der Waals surface area contributed by atoms with Crippen LogP contribution in [-0.4, -0.2) is 15.5 Å². The van der Waals surface area contributed by atoms with Gasteiger partial charge in [-0.3, -0.25) is 4.79 Å². The Bertz CT molecular complexity index is 623.